The van der Waals surface area contributed by atoms with Crippen LogP contribution in [0.3, 0.4) is 0 Å². The number of carbonyl (C=O) groups excluding carboxylic acids is 1. The molecule has 1 fully saturated rings. The fraction of sp³-hybridized carbons (Fsp3) is 0.818. The third-order valence-corrected chi connectivity index (χ3v) is 2.85. The van der Waals surface area contributed by atoms with E-state index in [0.717, 1.165) is 26.1 Å². The molecule has 2 unspecified atom stereocenters. The summed E-state index contributed by atoms with van der Waals surface area (Å²) in [6.07, 6.45) is 0.485. The molecule has 2 amide bonds. The molecule has 1 rings (SSSR count). The van der Waals surface area contributed by atoms with E-state index >= 15 is 0 Å². The van der Waals surface area contributed by atoms with Crippen molar-refractivity contribution < 1.29 is 24.5 Å². The normalized spacial score (nSPS) is 20.4. The number of aliphatic carboxylic acids is 1. The SMILES string of the molecule is O=C(NCCC1CCOC1)NCCC(O)C(=O)O. The quantitative estimate of drug-likeness (QED) is 0.496. The molecule has 0 aromatic heterocycles. The van der Waals surface area contributed by atoms with Gasteiger partial charge in [-0.25, -0.2) is 9.59 Å². The predicted molar refractivity (Wildman–Crippen MR) is 63.2 cm³/mol. The van der Waals surface area contributed by atoms with E-state index < -0.39 is 12.1 Å². The molecule has 0 radical (unpaired) electrons. The fourth-order valence-corrected chi connectivity index (χ4v) is 1.71. The Hall–Kier alpha value is -1.34. The van der Waals surface area contributed by atoms with E-state index in [1.807, 2.05) is 0 Å². The van der Waals surface area contributed by atoms with Gasteiger partial charge in [0.2, 0.25) is 0 Å². The first kappa shape index (κ1) is 14.7. The number of aliphatic hydroxyl groups excluding tert-OH is 1. The Morgan fingerprint density at radius 1 is 1.33 bits per heavy atom. The van der Waals surface area contributed by atoms with Crippen molar-refractivity contribution in [2.24, 2.45) is 5.92 Å². The second-order valence-electron chi connectivity index (χ2n) is 4.34. The molecule has 1 aliphatic rings. The summed E-state index contributed by atoms with van der Waals surface area (Å²) in [7, 11) is 0. The molecular formula is C11H20N2O5. The summed E-state index contributed by atoms with van der Waals surface area (Å²) < 4.78 is 5.22. The van der Waals surface area contributed by atoms with Gasteiger partial charge in [0.15, 0.2) is 6.10 Å². The van der Waals surface area contributed by atoms with Crippen LogP contribution in [-0.2, 0) is 9.53 Å². The molecule has 0 aromatic rings. The van der Waals surface area contributed by atoms with Gasteiger partial charge in [0.25, 0.3) is 0 Å². The number of aliphatic hydroxyl groups is 1. The number of nitrogens with one attached hydrogen (secondary N) is 2. The number of rotatable bonds is 7. The third kappa shape index (κ3) is 5.83. The lowest BCUT2D eigenvalue weighted by Crippen LogP contribution is -2.38. The van der Waals surface area contributed by atoms with Gasteiger partial charge in [0.05, 0.1) is 0 Å². The third-order valence-electron chi connectivity index (χ3n) is 2.85. The van der Waals surface area contributed by atoms with Crippen LogP contribution in [0.4, 0.5) is 4.79 Å². The Kier molecular flexibility index (Phi) is 6.45. The molecule has 2 atom stereocenters. The second kappa shape index (κ2) is 7.88. The highest BCUT2D eigenvalue weighted by molar-refractivity contribution is 5.74. The Morgan fingerprint density at radius 2 is 2.06 bits per heavy atom. The van der Waals surface area contributed by atoms with Crippen LogP contribution in [0, 0.1) is 5.92 Å². The molecule has 0 aromatic carbocycles. The van der Waals surface area contributed by atoms with E-state index in [2.05, 4.69) is 10.6 Å². The van der Waals surface area contributed by atoms with Crippen LogP contribution in [0.15, 0.2) is 0 Å². The summed E-state index contributed by atoms with van der Waals surface area (Å²) in [5.41, 5.74) is 0. The average molecular weight is 260 g/mol. The molecule has 1 heterocycles. The van der Waals surface area contributed by atoms with Crippen molar-refractivity contribution in [3.8, 4) is 0 Å². The van der Waals surface area contributed by atoms with Crippen molar-refractivity contribution in [3.05, 3.63) is 0 Å². The van der Waals surface area contributed by atoms with E-state index in [-0.39, 0.29) is 19.0 Å². The number of hydrogen-bond donors (Lipinski definition) is 4. The maximum atomic E-state index is 11.3. The van der Waals surface area contributed by atoms with E-state index in [1.54, 1.807) is 0 Å². The smallest absolute Gasteiger partial charge is 0.332 e. The monoisotopic (exact) mass is 260 g/mol. The molecule has 0 bridgehead atoms. The molecule has 1 aliphatic heterocycles. The summed E-state index contributed by atoms with van der Waals surface area (Å²) in [5, 5.41) is 22.6. The number of carboxylic acids is 1. The number of amides is 2. The largest absolute Gasteiger partial charge is 0.479 e. The summed E-state index contributed by atoms with van der Waals surface area (Å²) in [4.78, 5) is 21.6. The maximum absolute atomic E-state index is 11.3. The minimum absolute atomic E-state index is 0.000775. The van der Waals surface area contributed by atoms with Gasteiger partial charge in [-0.05, 0) is 18.8 Å². The van der Waals surface area contributed by atoms with Gasteiger partial charge >= 0.3 is 12.0 Å². The Labute approximate surface area is 106 Å². The van der Waals surface area contributed by atoms with E-state index in [0.29, 0.717) is 12.5 Å². The average Bonchev–Trinajstić information content (AvgIpc) is 2.81. The standard InChI is InChI=1S/C11H20N2O5/c14-9(10(15)16)2-5-13-11(17)12-4-1-8-3-6-18-7-8/h8-9,14H,1-7H2,(H,15,16)(H2,12,13,17). The van der Waals surface area contributed by atoms with E-state index in [1.165, 1.54) is 0 Å². The topological polar surface area (TPSA) is 108 Å². The maximum Gasteiger partial charge on any atom is 0.332 e. The van der Waals surface area contributed by atoms with Crippen LogP contribution in [0.5, 0.6) is 0 Å². The minimum Gasteiger partial charge on any atom is -0.479 e. The van der Waals surface area contributed by atoms with Gasteiger partial charge in [0.1, 0.15) is 0 Å². The highest BCUT2D eigenvalue weighted by Gasteiger charge is 2.15. The van der Waals surface area contributed by atoms with Gasteiger partial charge in [-0.1, -0.05) is 0 Å². The molecule has 104 valence electrons. The lowest BCUT2D eigenvalue weighted by Gasteiger charge is -2.10. The zero-order chi connectivity index (χ0) is 13.4. The Bertz CT molecular complexity index is 279. The first-order valence-corrected chi connectivity index (χ1v) is 6.10. The first-order valence-electron chi connectivity index (χ1n) is 6.10. The molecule has 7 heteroatoms. The highest BCUT2D eigenvalue weighted by atomic mass is 16.5. The Balaban J connectivity index is 1.98. The number of ether oxygens (including phenoxy) is 1. The van der Waals surface area contributed by atoms with Gasteiger partial charge < -0.3 is 25.6 Å². The van der Waals surface area contributed by atoms with Gasteiger partial charge in [0, 0.05) is 32.7 Å². The van der Waals surface area contributed by atoms with Crippen molar-refractivity contribution in [2.45, 2.75) is 25.4 Å². The van der Waals surface area contributed by atoms with Crippen molar-refractivity contribution >= 4 is 12.0 Å². The van der Waals surface area contributed by atoms with Crippen LogP contribution in [0.25, 0.3) is 0 Å². The number of hydrogen-bond acceptors (Lipinski definition) is 4. The first-order chi connectivity index (χ1) is 8.59. The van der Waals surface area contributed by atoms with Crippen LogP contribution < -0.4 is 10.6 Å². The second-order valence-corrected chi connectivity index (χ2v) is 4.34. The highest BCUT2D eigenvalue weighted by Crippen LogP contribution is 2.14. The number of carbonyl (C=O) groups is 2. The van der Waals surface area contributed by atoms with Crippen LogP contribution in [-0.4, -0.2) is 54.6 Å². The Morgan fingerprint density at radius 3 is 2.67 bits per heavy atom. The van der Waals surface area contributed by atoms with Crippen molar-refractivity contribution in [1.82, 2.24) is 10.6 Å². The van der Waals surface area contributed by atoms with E-state index in [9.17, 15) is 9.59 Å². The van der Waals surface area contributed by atoms with Gasteiger partial charge in [-0.3, -0.25) is 0 Å². The predicted octanol–water partition coefficient (Wildman–Crippen LogP) is -0.452. The molecular weight excluding hydrogens is 240 g/mol. The summed E-state index contributed by atoms with van der Waals surface area (Å²) >= 11 is 0. The number of urea groups is 1. The van der Waals surface area contributed by atoms with Crippen LogP contribution in [0.1, 0.15) is 19.3 Å². The van der Waals surface area contributed by atoms with Gasteiger partial charge in [-0.15, -0.1) is 0 Å². The molecule has 4 N–H and O–H groups in total. The van der Waals surface area contributed by atoms with E-state index in [4.69, 9.17) is 14.9 Å². The van der Waals surface area contributed by atoms with Gasteiger partial charge in [-0.2, -0.15) is 0 Å². The van der Waals surface area contributed by atoms with Crippen molar-refractivity contribution in [2.75, 3.05) is 26.3 Å². The summed E-state index contributed by atoms with van der Waals surface area (Å²) in [5.74, 6) is -0.766. The summed E-state index contributed by atoms with van der Waals surface area (Å²) in [6, 6.07) is -0.341. The molecule has 1 saturated heterocycles. The van der Waals surface area contributed by atoms with Crippen molar-refractivity contribution in [1.29, 1.82) is 0 Å². The summed E-state index contributed by atoms with van der Waals surface area (Å²) in [6.45, 7) is 2.26. The van der Waals surface area contributed by atoms with Crippen LogP contribution >= 0.6 is 0 Å². The molecule has 7 nitrogen and oxygen atoms in total. The molecule has 18 heavy (non-hydrogen) atoms. The lowest BCUT2D eigenvalue weighted by molar-refractivity contribution is -0.146. The zero-order valence-electron chi connectivity index (χ0n) is 10.2. The molecule has 0 saturated carbocycles. The fourth-order valence-electron chi connectivity index (χ4n) is 1.71. The number of carboxylic acid groups (broad SMARTS) is 1. The molecule has 0 spiro atoms. The molecule has 0 aliphatic carbocycles. The minimum atomic E-state index is -1.43. The zero-order valence-corrected chi connectivity index (χ0v) is 10.2. The van der Waals surface area contributed by atoms with Crippen LogP contribution in [0.2, 0.25) is 0 Å². The lowest BCUT2D eigenvalue weighted by atomic mass is 10.1. The van der Waals surface area contributed by atoms with Crippen molar-refractivity contribution in [3.63, 3.8) is 0 Å².